The fraction of sp³-hybridized carbons (Fsp3) is 0.273. The summed E-state index contributed by atoms with van der Waals surface area (Å²) in [5.74, 6) is 0.674. The molecule has 1 amide bonds. The quantitative estimate of drug-likeness (QED) is 0.810. The molecule has 0 saturated carbocycles. The van der Waals surface area contributed by atoms with Gasteiger partial charge in [0.05, 0.1) is 28.2 Å². The first-order valence-corrected chi connectivity index (χ1v) is 6.51. The van der Waals surface area contributed by atoms with E-state index in [9.17, 15) is 4.79 Å². The van der Waals surface area contributed by atoms with Crippen LogP contribution in [0.15, 0.2) is 26.2 Å². The number of hydrogen-bond donors (Lipinski definition) is 0. The Labute approximate surface area is 116 Å². The number of hydrazone groups is 1. The van der Waals surface area contributed by atoms with Gasteiger partial charge in [0.25, 0.3) is 5.91 Å². The van der Waals surface area contributed by atoms with Gasteiger partial charge in [0.15, 0.2) is 0 Å². The molecule has 0 radical (unpaired) electrons. The van der Waals surface area contributed by atoms with Gasteiger partial charge in [0.1, 0.15) is 5.75 Å². The average molecular weight is 362 g/mol. The lowest BCUT2D eigenvalue weighted by molar-refractivity contribution is -0.116. The van der Waals surface area contributed by atoms with Crippen LogP contribution < -0.4 is 9.75 Å². The largest absolute Gasteiger partial charge is 0.494 e. The van der Waals surface area contributed by atoms with Crippen molar-refractivity contribution in [2.45, 2.75) is 13.3 Å². The number of ether oxygens (including phenoxy) is 1. The minimum Gasteiger partial charge on any atom is -0.494 e. The minimum atomic E-state index is -0.0218. The molecule has 1 heterocycles. The molecule has 1 aromatic rings. The number of nitrogens with zero attached hydrogens (tertiary/aromatic N) is 2. The molecule has 0 unspecified atom stereocenters. The summed E-state index contributed by atoms with van der Waals surface area (Å²) in [6.45, 7) is 1.84. The molecule has 6 heteroatoms. The fourth-order valence-corrected chi connectivity index (χ4v) is 3.11. The number of methoxy groups -OCH3 is 1. The summed E-state index contributed by atoms with van der Waals surface area (Å²) in [7, 11) is 1.59. The van der Waals surface area contributed by atoms with E-state index in [1.807, 2.05) is 19.1 Å². The molecular formula is C11H10Br2N2O2. The van der Waals surface area contributed by atoms with Gasteiger partial charge in [-0.05, 0) is 50.9 Å². The van der Waals surface area contributed by atoms with E-state index in [2.05, 4.69) is 37.0 Å². The maximum absolute atomic E-state index is 11.7. The number of hydrogen-bond acceptors (Lipinski definition) is 3. The Kier molecular flexibility index (Phi) is 3.53. The third kappa shape index (κ3) is 2.37. The van der Waals surface area contributed by atoms with Crippen LogP contribution in [0.25, 0.3) is 0 Å². The summed E-state index contributed by atoms with van der Waals surface area (Å²) in [5.41, 5.74) is 1.53. The SMILES string of the molecule is COc1c(Br)cc(N2N=C(C)CC2=O)cc1Br. The highest BCUT2D eigenvalue weighted by Gasteiger charge is 2.24. The number of amides is 1. The lowest BCUT2D eigenvalue weighted by atomic mass is 10.2. The molecule has 4 nitrogen and oxygen atoms in total. The van der Waals surface area contributed by atoms with Gasteiger partial charge in [-0.2, -0.15) is 5.10 Å². The van der Waals surface area contributed by atoms with Gasteiger partial charge in [-0.3, -0.25) is 4.79 Å². The monoisotopic (exact) mass is 360 g/mol. The van der Waals surface area contributed by atoms with Crippen LogP contribution in [0, 0.1) is 0 Å². The summed E-state index contributed by atoms with van der Waals surface area (Å²) in [4.78, 5) is 11.7. The van der Waals surface area contributed by atoms with Crippen molar-refractivity contribution in [2.75, 3.05) is 12.1 Å². The first-order chi connectivity index (χ1) is 8.02. The van der Waals surface area contributed by atoms with Crippen LogP contribution in [0.2, 0.25) is 0 Å². The average Bonchev–Trinajstić information content (AvgIpc) is 2.57. The second kappa shape index (κ2) is 4.78. The van der Waals surface area contributed by atoms with E-state index in [0.717, 1.165) is 14.7 Å². The van der Waals surface area contributed by atoms with Gasteiger partial charge in [-0.15, -0.1) is 0 Å². The second-order valence-corrected chi connectivity index (χ2v) is 5.37. The molecule has 0 N–H and O–H groups in total. The Morgan fingerprint density at radius 3 is 2.35 bits per heavy atom. The predicted octanol–water partition coefficient (Wildman–Crippen LogP) is 3.33. The molecule has 1 aliphatic heterocycles. The molecule has 0 atom stereocenters. The molecule has 90 valence electrons. The molecule has 0 saturated heterocycles. The minimum absolute atomic E-state index is 0.0218. The van der Waals surface area contributed by atoms with Crippen LogP contribution in [0.3, 0.4) is 0 Å². The van der Waals surface area contributed by atoms with E-state index in [0.29, 0.717) is 17.9 Å². The van der Waals surface area contributed by atoms with Gasteiger partial charge < -0.3 is 4.74 Å². The second-order valence-electron chi connectivity index (χ2n) is 3.66. The van der Waals surface area contributed by atoms with Crippen molar-refractivity contribution in [3.8, 4) is 5.75 Å². The van der Waals surface area contributed by atoms with Crippen molar-refractivity contribution in [1.29, 1.82) is 0 Å². The van der Waals surface area contributed by atoms with Crippen LogP contribution >= 0.6 is 31.9 Å². The topological polar surface area (TPSA) is 41.9 Å². The first-order valence-electron chi connectivity index (χ1n) is 4.93. The van der Waals surface area contributed by atoms with Crippen molar-refractivity contribution in [1.82, 2.24) is 0 Å². The van der Waals surface area contributed by atoms with Crippen molar-refractivity contribution in [2.24, 2.45) is 5.10 Å². The number of carbonyl (C=O) groups excluding carboxylic acids is 1. The summed E-state index contributed by atoms with van der Waals surface area (Å²) in [6.07, 6.45) is 0.376. The summed E-state index contributed by atoms with van der Waals surface area (Å²) < 4.78 is 6.76. The number of benzene rings is 1. The molecule has 2 rings (SSSR count). The van der Waals surface area contributed by atoms with Crippen molar-refractivity contribution < 1.29 is 9.53 Å². The molecule has 0 spiro atoms. The van der Waals surface area contributed by atoms with E-state index < -0.39 is 0 Å². The Morgan fingerprint density at radius 1 is 1.35 bits per heavy atom. The fourth-order valence-electron chi connectivity index (χ4n) is 1.62. The Hall–Kier alpha value is -0.880. The number of anilines is 1. The molecule has 0 aromatic heterocycles. The van der Waals surface area contributed by atoms with Crippen LogP contribution in [-0.4, -0.2) is 18.7 Å². The summed E-state index contributed by atoms with van der Waals surface area (Å²) in [6, 6.07) is 3.62. The zero-order chi connectivity index (χ0) is 12.6. The van der Waals surface area contributed by atoms with Gasteiger partial charge >= 0.3 is 0 Å². The highest BCUT2D eigenvalue weighted by atomic mass is 79.9. The Morgan fingerprint density at radius 2 is 1.94 bits per heavy atom. The van der Waals surface area contributed by atoms with Gasteiger partial charge in [0, 0.05) is 5.71 Å². The van der Waals surface area contributed by atoms with E-state index in [1.165, 1.54) is 5.01 Å². The first kappa shape index (κ1) is 12.6. The van der Waals surface area contributed by atoms with Gasteiger partial charge in [-0.25, -0.2) is 5.01 Å². The highest BCUT2D eigenvalue weighted by Crippen LogP contribution is 2.38. The maximum Gasteiger partial charge on any atom is 0.253 e. The van der Waals surface area contributed by atoms with Crippen molar-refractivity contribution in [3.05, 3.63) is 21.1 Å². The molecule has 0 fully saturated rings. The maximum atomic E-state index is 11.7. The normalized spacial score (nSPS) is 15.2. The molecule has 1 aliphatic rings. The highest BCUT2D eigenvalue weighted by molar-refractivity contribution is 9.11. The third-order valence-corrected chi connectivity index (χ3v) is 3.52. The third-order valence-electron chi connectivity index (χ3n) is 2.35. The Balaban J connectivity index is 2.44. The van der Waals surface area contributed by atoms with Crippen molar-refractivity contribution >= 4 is 49.2 Å². The van der Waals surface area contributed by atoms with E-state index >= 15 is 0 Å². The smallest absolute Gasteiger partial charge is 0.253 e. The lowest BCUT2D eigenvalue weighted by Crippen LogP contribution is -2.19. The zero-order valence-electron chi connectivity index (χ0n) is 9.33. The number of rotatable bonds is 2. The number of halogens is 2. The van der Waals surface area contributed by atoms with E-state index in [1.54, 1.807) is 7.11 Å². The molecule has 17 heavy (non-hydrogen) atoms. The zero-order valence-corrected chi connectivity index (χ0v) is 12.5. The molecule has 0 bridgehead atoms. The van der Waals surface area contributed by atoms with Crippen molar-refractivity contribution in [3.63, 3.8) is 0 Å². The van der Waals surface area contributed by atoms with Crippen LogP contribution in [-0.2, 0) is 4.79 Å². The summed E-state index contributed by atoms with van der Waals surface area (Å²) >= 11 is 6.80. The van der Waals surface area contributed by atoms with Crippen LogP contribution in [0.1, 0.15) is 13.3 Å². The standard InChI is InChI=1S/C11H10Br2N2O2/c1-6-3-10(16)15(14-6)7-4-8(12)11(17-2)9(13)5-7/h4-5H,3H2,1-2H3. The Bertz CT molecular complexity index is 491. The van der Waals surface area contributed by atoms with E-state index in [-0.39, 0.29) is 5.91 Å². The predicted molar refractivity (Wildman–Crippen MR) is 73.6 cm³/mol. The van der Waals surface area contributed by atoms with Crippen LogP contribution in [0.4, 0.5) is 5.69 Å². The van der Waals surface area contributed by atoms with Gasteiger partial charge in [-0.1, -0.05) is 0 Å². The lowest BCUT2D eigenvalue weighted by Gasteiger charge is -2.14. The van der Waals surface area contributed by atoms with E-state index in [4.69, 9.17) is 4.74 Å². The number of carbonyl (C=O) groups is 1. The van der Waals surface area contributed by atoms with Gasteiger partial charge in [0.2, 0.25) is 0 Å². The molecule has 0 aliphatic carbocycles. The van der Waals surface area contributed by atoms with Crippen LogP contribution in [0.5, 0.6) is 5.75 Å². The summed E-state index contributed by atoms with van der Waals surface area (Å²) in [5, 5.41) is 5.60. The molecular weight excluding hydrogens is 352 g/mol. The molecule has 1 aromatic carbocycles.